The molecule has 1 N–H and O–H groups in total. The van der Waals surface area contributed by atoms with E-state index in [0.29, 0.717) is 36.5 Å². The van der Waals surface area contributed by atoms with Gasteiger partial charge in [0.25, 0.3) is 5.56 Å². The number of hydrogen-bond donors (Lipinski definition) is 1. The highest BCUT2D eigenvalue weighted by Crippen LogP contribution is 2.19. The van der Waals surface area contributed by atoms with E-state index in [1.165, 1.54) is 6.07 Å². The summed E-state index contributed by atoms with van der Waals surface area (Å²) < 4.78 is 26.3. The highest BCUT2D eigenvalue weighted by molar-refractivity contribution is 5.23. The molecule has 1 aromatic heterocycles. The maximum atomic E-state index is 13.3. The molecule has 0 amide bonds. The molecule has 0 atom stereocenters. The third kappa shape index (κ3) is 3.32. The van der Waals surface area contributed by atoms with Gasteiger partial charge in [-0.05, 0) is 17.7 Å². The standard InChI is InChI=1S/C17H19F2N3O/c1-10(2)16-20-15-5-6-22(9-12(15)17(23)21-16)8-11-3-4-13(18)14(19)7-11/h3-4,7,10H,5-6,8-9H2,1-2H3,(H,20,21,23). The lowest BCUT2D eigenvalue weighted by atomic mass is 10.0. The Balaban J connectivity index is 1.80. The molecule has 3 rings (SSSR count). The Kier molecular flexibility index (Phi) is 4.26. The van der Waals surface area contributed by atoms with E-state index in [0.717, 1.165) is 18.3 Å². The van der Waals surface area contributed by atoms with E-state index < -0.39 is 11.6 Å². The first kappa shape index (κ1) is 15.8. The number of fused-ring (bicyclic) bond motifs is 1. The van der Waals surface area contributed by atoms with Crippen LogP contribution in [0.5, 0.6) is 0 Å². The van der Waals surface area contributed by atoms with Crippen molar-refractivity contribution in [2.75, 3.05) is 6.54 Å². The summed E-state index contributed by atoms with van der Waals surface area (Å²) in [4.78, 5) is 21.7. The summed E-state index contributed by atoms with van der Waals surface area (Å²) in [5.41, 5.74) is 2.10. The molecule has 0 radical (unpaired) electrons. The Labute approximate surface area is 133 Å². The number of nitrogens with zero attached hydrogens (tertiary/aromatic N) is 2. The molecule has 0 saturated carbocycles. The zero-order chi connectivity index (χ0) is 16.6. The van der Waals surface area contributed by atoms with Gasteiger partial charge in [-0.2, -0.15) is 0 Å². The summed E-state index contributed by atoms with van der Waals surface area (Å²) in [7, 11) is 0. The number of aromatic amines is 1. The molecule has 2 heterocycles. The van der Waals surface area contributed by atoms with E-state index in [2.05, 4.69) is 9.97 Å². The van der Waals surface area contributed by atoms with Gasteiger partial charge < -0.3 is 4.98 Å². The van der Waals surface area contributed by atoms with Gasteiger partial charge in [-0.1, -0.05) is 19.9 Å². The normalized spacial score (nSPS) is 15.0. The minimum absolute atomic E-state index is 0.103. The van der Waals surface area contributed by atoms with Crippen LogP contribution in [0.2, 0.25) is 0 Å². The first-order valence-corrected chi connectivity index (χ1v) is 7.72. The monoisotopic (exact) mass is 319 g/mol. The molecule has 1 aliphatic heterocycles. The van der Waals surface area contributed by atoms with Crippen molar-refractivity contribution < 1.29 is 8.78 Å². The first-order chi connectivity index (χ1) is 10.9. The topological polar surface area (TPSA) is 49.0 Å². The molecule has 1 aliphatic rings. The number of nitrogens with one attached hydrogen (secondary N) is 1. The van der Waals surface area contributed by atoms with Crippen LogP contribution in [-0.4, -0.2) is 21.4 Å². The van der Waals surface area contributed by atoms with Gasteiger partial charge in [-0.15, -0.1) is 0 Å². The maximum Gasteiger partial charge on any atom is 0.255 e. The lowest BCUT2D eigenvalue weighted by molar-refractivity contribution is 0.241. The Morgan fingerprint density at radius 3 is 2.78 bits per heavy atom. The minimum atomic E-state index is -0.848. The summed E-state index contributed by atoms with van der Waals surface area (Å²) in [5.74, 6) is -0.809. The molecule has 4 nitrogen and oxygen atoms in total. The van der Waals surface area contributed by atoms with Crippen LogP contribution in [0.1, 0.15) is 42.4 Å². The van der Waals surface area contributed by atoms with Crippen molar-refractivity contribution in [2.45, 2.75) is 39.3 Å². The fraction of sp³-hybridized carbons (Fsp3) is 0.412. The second-order valence-corrected chi connectivity index (χ2v) is 6.24. The van der Waals surface area contributed by atoms with Crippen molar-refractivity contribution in [1.29, 1.82) is 0 Å². The van der Waals surface area contributed by atoms with Crippen LogP contribution >= 0.6 is 0 Å². The second kappa shape index (κ2) is 6.20. The number of aromatic nitrogens is 2. The zero-order valence-corrected chi connectivity index (χ0v) is 13.2. The van der Waals surface area contributed by atoms with E-state index in [4.69, 9.17) is 0 Å². The van der Waals surface area contributed by atoms with Crippen LogP contribution in [0.25, 0.3) is 0 Å². The van der Waals surface area contributed by atoms with Gasteiger partial charge in [0, 0.05) is 32.0 Å². The molecular formula is C17H19F2N3O. The van der Waals surface area contributed by atoms with Crippen molar-refractivity contribution >= 4 is 0 Å². The average Bonchev–Trinajstić information content (AvgIpc) is 2.51. The predicted octanol–water partition coefficient (Wildman–Crippen LogP) is 2.73. The number of rotatable bonds is 3. The van der Waals surface area contributed by atoms with E-state index >= 15 is 0 Å². The smallest absolute Gasteiger partial charge is 0.255 e. The van der Waals surface area contributed by atoms with Gasteiger partial charge in [0.2, 0.25) is 0 Å². The molecule has 2 aromatic rings. The highest BCUT2D eigenvalue weighted by Gasteiger charge is 2.22. The second-order valence-electron chi connectivity index (χ2n) is 6.24. The number of benzene rings is 1. The van der Waals surface area contributed by atoms with Crippen molar-refractivity contribution in [1.82, 2.24) is 14.9 Å². The molecule has 6 heteroatoms. The van der Waals surface area contributed by atoms with Crippen LogP contribution in [-0.2, 0) is 19.5 Å². The summed E-state index contributed by atoms with van der Waals surface area (Å²) in [6.07, 6.45) is 0.683. The Hall–Kier alpha value is -2.08. The van der Waals surface area contributed by atoms with Crippen molar-refractivity contribution in [3.05, 3.63) is 62.8 Å². The van der Waals surface area contributed by atoms with Gasteiger partial charge in [-0.3, -0.25) is 9.69 Å². The molecule has 1 aromatic carbocycles. The van der Waals surface area contributed by atoms with E-state index in [1.807, 2.05) is 18.7 Å². The van der Waals surface area contributed by atoms with Gasteiger partial charge >= 0.3 is 0 Å². The van der Waals surface area contributed by atoms with Crippen molar-refractivity contribution in [3.8, 4) is 0 Å². The fourth-order valence-corrected chi connectivity index (χ4v) is 2.80. The van der Waals surface area contributed by atoms with E-state index in [9.17, 15) is 13.6 Å². The number of halogens is 2. The minimum Gasteiger partial charge on any atom is -0.310 e. The lowest BCUT2D eigenvalue weighted by Crippen LogP contribution is -2.36. The Morgan fingerprint density at radius 1 is 1.30 bits per heavy atom. The third-order valence-corrected chi connectivity index (χ3v) is 4.10. The first-order valence-electron chi connectivity index (χ1n) is 7.72. The van der Waals surface area contributed by atoms with Crippen LogP contribution < -0.4 is 5.56 Å². The Bertz CT molecular complexity index is 786. The van der Waals surface area contributed by atoms with Crippen LogP contribution in [0.4, 0.5) is 8.78 Å². The van der Waals surface area contributed by atoms with Crippen LogP contribution in [0, 0.1) is 11.6 Å². The lowest BCUT2D eigenvalue weighted by Gasteiger charge is -2.28. The zero-order valence-electron chi connectivity index (χ0n) is 13.2. The molecule has 0 unspecified atom stereocenters. The predicted molar refractivity (Wildman–Crippen MR) is 83.1 cm³/mol. The molecule has 122 valence electrons. The number of H-pyrrole nitrogens is 1. The van der Waals surface area contributed by atoms with Crippen molar-refractivity contribution in [2.24, 2.45) is 0 Å². The SMILES string of the molecule is CC(C)c1nc2c(c(=O)[nH]1)CN(Cc1ccc(F)c(F)c1)CC2. The van der Waals surface area contributed by atoms with Gasteiger partial charge in [0.05, 0.1) is 11.3 Å². The molecular weight excluding hydrogens is 300 g/mol. The van der Waals surface area contributed by atoms with Crippen LogP contribution in [0.3, 0.4) is 0 Å². The van der Waals surface area contributed by atoms with E-state index in [-0.39, 0.29) is 11.5 Å². The average molecular weight is 319 g/mol. The summed E-state index contributed by atoms with van der Waals surface area (Å²) in [6, 6.07) is 3.90. The van der Waals surface area contributed by atoms with E-state index in [1.54, 1.807) is 6.07 Å². The highest BCUT2D eigenvalue weighted by atomic mass is 19.2. The largest absolute Gasteiger partial charge is 0.310 e. The summed E-state index contributed by atoms with van der Waals surface area (Å²) in [6.45, 7) is 5.66. The third-order valence-electron chi connectivity index (χ3n) is 4.10. The van der Waals surface area contributed by atoms with Gasteiger partial charge in [-0.25, -0.2) is 13.8 Å². The molecule has 0 aliphatic carbocycles. The van der Waals surface area contributed by atoms with Gasteiger partial charge in [0.15, 0.2) is 11.6 Å². The molecule has 0 fully saturated rings. The summed E-state index contributed by atoms with van der Waals surface area (Å²) >= 11 is 0. The Morgan fingerprint density at radius 2 is 2.09 bits per heavy atom. The van der Waals surface area contributed by atoms with Crippen LogP contribution in [0.15, 0.2) is 23.0 Å². The molecule has 0 saturated heterocycles. The number of hydrogen-bond acceptors (Lipinski definition) is 3. The maximum absolute atomic E-state index is 13.3. The fourth-order valence-electron chi connectivity index (χ4n) is 2.80. The molecule has 0 bridgehead atoms. The summed E-state index contributed by atoms with van der Waals surface area (Å²) in [5, 5.41) is 0. The van der Waals surface area contributed by atoms with Crippen molar-refractivity contribution in [3.63, 3.8) is 0 Å². The molecule has 0 spiro atoms. The molecule has 23 heavy (non-hydrogen) atoms. The van der Waals surface area contributed by atoms with Gasteiger partial charge in [0.1, 0.15) is 5.82 Å². The quantitative estimate of drug-likeness (QED) is 0.946.